The Balaban J connectivity index is 1.37. The molecule has 8 nitrogen and oxygen atoms in total. The summed E-state index contributed by atoms with van der Waals surface area (Å²) in [5, 5.41) is 7.56. The van der Waals surface area contributed by atoms with Crippen LogP contribution in [0.1, 0.15) is 12.6 Å². The molecule has 1 unspecified atom stereocenters. The Hall–Kier alpha value is -1.64. The van der Waals surface area contributed by atoms with Crippen molar-refractivity contribution in [3.63, 3.8) is 0 Å². The Labute approximate surface area is 156 Å². The lowest BCUT2D eigenvalue weighted by Gasteiger charge is -2.36. The first kappa shape index (κ1) is 19.1. The van der Waals surface area contributed by atoms with Crippen molar-refractivity contribution in [2.75, 3.05) is 72.6 Å². The maximum atomic E-state index is 5.42. The largest absolute Gasteiger partial charge is 0.379 e. The number of morpholine rings is 1. The quantitative estimate of drug-likeness (QED) is 0.576. The van der Waals surface area contributed by atoms with E-state index in [0.29, 0.717) is 5.92 Å². The molecule has 1 aromatic rings. The van der Waals surface area contributed by atoms with Crippen molar-refractivity contribution in [3.05, 3.63) is 18.0 Å². The van der Waals surface area contributed by atoms with E-state index >= 15 is 0 Å². The number of ether oxygens (including phenoxy) is 1. The Morgan fingerprint density at radius 2 is 1.96 bits per heavy atom. The summed E-state index contributed by atoms with van der Waals surface area (Å²) in [6.07, 6.45) is 1.63. The van der Waals surface area contributed by atoms with Gasteiger partial charge in [0.1, 0.15) is 6.26 Å². The van der Waals surface area contributed by atoms with Gasteiger partial charge in [-0.2, -0.15) is 0 Å². The van der Waals surface area contributed by atoms with E-state index in [1.54, 1.807) is 6.26 Å². The predicted molar refractivity (Wildman–Crippen MR) is 101 cm³/mol. The standard InChI is InChI=1S/C18H32N6O2/c1-16(14-23-8-11-25-12-9-23)13-20-18(19-2)24-6-4-22(5-7-24)15-17-3-10-26-21-17/h3,10,16H,4-9,11-15H2,1-2H3,(H,19,20). The van der Waals surface area contributed by atoms with Crippen molar-refractivity contribution in [1.82, 2.24) is 25.2 Å². The molecule has 3 rings (SSSR count). The molecule has 1 N–H and O–H groups in total. The maximum Gasteiger partial charge on any atom is 0.193 e. The van der Waals surface area contributed by atoms with Gasteiger partial charge in [-0.15, -0.1) is 0 Å². The first-order valence-electron chi connectivity index (χ1n) is 9.62. The highest BCUT2D eigenvalue weighted by molar-refractivity contribution is 5.80. The topological polar surface area (TPSA) is 69.4 Å². The second-order valence-corrected chi connectivity index (χ2v) is 7.20. The van der Waals surface area contributed by atoms with Crippen molar-refractivity contribution < 1.29 is 9.26 Å². The molecule has 26 heavy (non-hydrogen) atoms. The molecule has 8 heteroatoms. The van der Waals surface area contributed by atoms with Crippen LogP contribution in [0.4, 0.5) is 0 Å². The first-order valence-corrected chi connectivity index (χ1v) is 9.62. The van der Waals surface area contributed by atoms with Crippen molar-refractivity contribution >= 4 is 5.96 Å². The number of aliphatic imine (C=N–C) groups is 1. The van der Waals surface area contributed by atoms with Crippen LogP contribution in [0, 0.1) is 5.92 Å². The van der Waals surface area contributed by atoms with Crippen LogP contribution in [0.5, 0.6) is 0 Å². The summed E-state index contributed by atoms with van der Waals surface area (Å²) in [6, 6.07) is 1.93. The van der Waals surface area contributed by atoms with E-state index in [1.165, 1.54) is 0 Å². The number of hydrogen-bond acceptors (Lipinski definition) is 6. The van der Waals surface area contributed by atoms with Crippen LogP contribution in [0.3, 0.4) is 0 Å². The van der Waals surface area contributed by atoms with Crippen LogP contribution in [0.25, 0.3) is 0 Å². The average molecular weight is 364 g/mol. The first-order chi connectivity index (χ1) is 12.7. The normalized spacial score (nSPS) is 21.8. The second kappa shape index (κ2) is 9.89. The average Bonchev–Trinajstić information content (AvgIpc) is 3.17. The molecule has 1 aromatic heterocycles. The summed E-state index contributed by atoms with van der Waals surface area (Å²) in [6.45, 7) is 13.0. The number of nitrogens with one attached hydrogen (secondary N) is 1. The molecule has 2 aliphatic heterocycles. The lowest BCUT2D eigenvalue weighted by molar-refractivity contribution is 0.0320. The Morgan fingerprint density at radius 1 is 1.19 bits per heavy atom. The van der Waals surface area contributed by atoms with E-state index in [2.05, 4.69) is 37.1 Å². The molecule has 0 bridgehead atoms. The van der Waals surface area contributed by atoms with E-state index in [4.69, 9.17) is 9.26 Å². The van der Waals surface area contributed by atoms with E-state index < -0.39 is 0 Å². The fraction of sp³-hybridized carbons (Fsp3) is 0.778. The van der Waals surface area contributed by atoms with Gasteiger partial charge in [0.2, 0.25) is 0 Å². The van der Waals surface area contributed by atoms with Gasteiger partial charge in [-0.05, 0) is 5.92 Å². The van der Waals surface area contributed by atoms with Crippen LogP contribution in [0.2, 0.25) is 0 Å². The smallest absolute Gasteiger partial charge is 0.193 e. The SMILES string of the molecule is CN=C(NCC(C)CN1CCOCC1)N1CCN(Cc2ccon2)CC1. The van der Waals surface area contributed by atoms with Gasteiger partial charge >= 0.3 is 0 Å². The van der Waals surface area contributed by atoms with E-state index in [1.807, 2.05) is 13.1 Å². The molecular weight excluding hydrogens is 332 g/mol. The van der Waals surface area contributed by atoms with Crippen LogP contribution < -0.4 is 5.32 Å². The van der Waals surface area contributed by atoms with Gasteiger partial charge in [0, 0.05) is 72.0 Å². The van der Waals surface area contributed by atoms with Crippen LogP contribution in [-0.2, 0) is 11.3 Å². The molecular formula is C18H32N6O2. The minimum atomic E-state index is 0.582. The van der Waals surface area contributed by atoms with Crippen LogP contribution in [-0.4, -0.2) is 98.4 Å². The third-order valence-electron chi connectivity index (χ3n) is 5.04. The van der Waals surface area contributed by atoms with Crippen LogP contribution >= 0.6 is 0 Å². The highest BCUT2D eigenvalue weighted by Crippen LogP contribution is 2.08. The monoisotopic (exact) mass is 364 g/mol. The van der Waals surface area contributed by atoms with Gasteiger partial charge in [0.25, 0.3) is 0 Å². The number of guanidine groups is 1. The highest BCUT2D eigenvalue weighted by atomic mass is 16.5. The summed E-state index contributed by atoms with van der Waals surface area (Å²) < 4.78 is 10.3. The van der Waals surface area contributed by atoms with Gasteiger partial charge in [-0.3, -0.25) is 14.8 Å². The fourth-order valence-electron chi connectivity index (χ4n) is 3.55. The van der Waals surface area contributed by atoms with Gasteiger partial charge in [-0.25, -0.2) is 0 Å². The highest BCUT2D eigenvalue weighted by Gasteiger charge is 2.21. The molecule has 146 valence electrons. The Morgan fingerprint density at radius 3 is 2.62 bits per heavy atom. The summed E-state index contributed by atoms with van der Waals surface area (Å²) in [4.78, 5) is 11.7. The van der Waals surface area contributed by atoms with Gasteiger partial charge in [0.15, 0.2) is 5.96 Å². The molecule has 0 saturated carbocycles. The van der Waals surface area contributed by atoms with Gasteiger partial charge < -0.3 is 19.5 Å². The molecule has 0 spiro atoms. The number of rotatable bonds is 6. The van der Waals surface area contributed by atoms with Crippen molar-refractivity contribution in [2.45, 2.75) is 13.5 Å². The fourth-order valence-corrected chi connectivity index (χ4v) is 3.55. The molecule has 2 fully saturated rings. The number of hydrogen-bond donors (Lipinski definition) is 1. The van der Waals surface area contributed by atoms with E-state index in [9.17, 15) is 0 Å². The summed E-state index contributed by atoms with van der Waals surface area (Å²) in [5.74, 6) is 1.60. The summed E-state index contributed by atoms with van der Waals surface area (Å²) in [5.41, 5.74) is 0.998. The zero-order chi connectivity index (χ0) is 18.2. The summed E-state index contributed by atoms with van der Waals surface area (Å²) in [7, 11) is 1.87. The number of nitrogens with zero attached hydrogens (tertiary/aromatic N) is 5. The Kier molecular flexibility index (Phi) is 7.28. The predicted octanol–water partition coefficient (Wildman–Crippen LogP) is 0.336. The van der Waals surface area contributed by atoms with Gasteiger partial charge in [0.05, 0.1) is 18.9 Å². The molecule has 1 atom stereocenters. The minimum absolute atomic E-state index is 0.582. The lowest BCUT2D eigenvalue weighted by atomic mass is 10.1. The number of aromatic nitrogens is 1. The van der Waals surface area contributed by atoms with Gasteiger partial charge in [-0.1, -0.05) is 12.1 Å². The zero-order valence-corrected chi connectivity index (χ0v) is 16.1. The van der Waals surface area contributed by atoms with Crippen molar-refractivity contribution in [3.8, 4) is 0 Å². The van der Waals surface area contributed by atoms with E-state index in [-0.39, 0.29) is 0 Å². The summed E-state index contributed by atoms with van der Waals surface area (Å²) >= 11 is 0. The maximum absolute atomic E-state index is 5.42. The molecule has 0 aliphatic carbocycles. The molecule has 0 radical (unpaired) electrons. The zero-order valence-electron chi connectivity index (χ0n) is 16.1. The van der Waals surface area contributed by atoms with E-state index in [0.717, 1.165) is 83.8 Å². The molecule has 2 aliphatic rings. The molecule has 0 aromatic carbocycles. The van der Waals surface area contributed by atoms with Crippen molar-refractivity contribution in [1.29, 1.82) is 0 Å². The second-order valence-electron chi connectivity index (χ2n) is 7.20. The molecule has 0 amide bonds. The Bertz CT molecular complexity index is 536. The van der Waals surface area contributed by atoms with Crippen molar-refractivity contribution in [2.24, 2.45) is 10.9 Å². The third-order valence-corrected chi connectivity index (χ3v) is 5.04. The third kappa shape index (κ3) is 5.69. The number of piperazine rings is 1. The molecule has 2 saturated heterocycles. The minimum Gasteiger partial charge on any atom is -0.379 e. The lowest BCUT2D eigenvalue weighted by Crippen LogP contribution is -2.53. The molecule has 3 heterocycles. The van der Waals surface area contributed by atoms with Crippen LogP contribution in [0.15, 0.2) is 21.8 Å².